The van der Waals surface area contributed by atoms with Crippen LogP contribution in [0.1, 0.15) is 25.0 Å². The highest BCUT2D eigenvalue weighted by atomic mass is 32.2. The van der Waals surface area contributed by atoms with Gasteiger partial charge in [-0.3, -0.25) is 0 Å². The molecule has 2 fully saturated rings. The molecule has 1 aliphatic heterocycles. The fourth-order valence-electron chi connectivity index (χ4n) is 2.19. The number of hydrogen-bond acceptors (Lipinski definition) is 5. The highest BCUT2D eigenvalue weighted by Gasteiger charge is 2.22. The molecule has 2 heterocycles. The van der Waals surface area contributed by atoms with Crippen LogP contribution in [0.4, 0.5) is 5.82 Å². The zero-order valence-corrected chi connectivity index (χ0v) is 11.6. The summed E-state index contributed by atoms with van der Waals surface area (Å²) < 4.78 is 0. The summed E-state index contributed by atoms with van der Waals surface area (Å²) in [5, 5.41) is 12.1. The first-order valence-electron chi connectivity index (χ1n) is 6.69. The second kappa shape index (κ2) is 5.45. The average molecular weight is 264 g/mol. The van der Waals surface area contributed by atoms with Gasteiger partial charge in [-0.05, 0) is 37.1 Å². The molecule has 0 radical (unpaired) electrons. The molecule has 0 bridgehead atoms. The Bertz CT molecular complexity index is 384. The van der Waals surface area contributed by atoms with Gasteiger partial charge in [0.25, 0.3) is 0 Å². The van der Waals surface area contributed by atoms with Gasteiger partial charge < -0.3 is 10.2 Å². The first kappa shape index (κ1) is 12.2. The highest BCUT2D eigenvalue weighted by molar-refractivity contribution is 7.99. The minimum Gasteiger partial charge on any atom is -0.354 e. The van der Waals surface area contributed by atoms with E-state index in [2.05, 4.69) is 39.6 Å². The van der Waals surface area contributed by atoms with Gasteiger partial charge in [-0.25, -0.2) is 0 Å². The standard InChI is InChI=1S/C13H20N4S/c1-17(12-6-7-18-9-12)13-5-4-11(15-16-13)8-14-10-2-3-10/h4-5,10,12,14H,2-3,6-9H2,1H3. The minimum absolute atomic E-state index is 0.625. The number of aromatic nitrogens is 2. The smallest absolute Gasteiger partial charge is 0.151 e. The van der Waals surface area contributed by atoms with E-state index in [0.717, 1.165) is 24.1 Å². The maximum atomic E-state index is 4.35. The van der Waals surface area contributed by atoms with Crippen LogP contribution in [0, 0.1) is 0 Å². The highest BCUT2D eigenvalue weighted by Crippen LogP contribution is 2.24. The van der Waals surface area contributed by atoms with Gasteiger partial charge in [0.15, 0.2) is 5.82 Å². The molecule has 5 heteroatoms. The minimum atomic E-state index is 0.625. The molecular weight excluding hydrogens is 244 g/mol. The molecule has 98 valence electrons. The van der Waals surface area contributed by atoms with Crippen molar-refractivity contribution in [2.45, 2.75) is 37.9 Å². The molecule has 3 rings (SSSR count). The number of nitrogens with zero attached hydrogens (tertiary/aromatic N) is 3. The molecule has 1 unspecified atom stereocenters. The topological polar surface area (TPSA) is 41.0 Å². The summed E-state index contributed by atoms with van der Waals surface area (Å²) in [5.74, 6) is 3.48. The average Bonchev–Trinajstić information content (AvgIpc) is 3.08. The third kappa shape index (κ3) is 2.95. The summed E-state index contributed by atoms with van der Waals surface area (Å²) in [5.41, 5.74) is 1.04. The van der Waals surface area contributed by atoms with E-state index in [1.807, 2.05) is 11.8 Å². The van der Waals surface area contributed by atoms with Crippen LogP contribution in [-0.4, -0.2) is 40.8 Å². The second-order valence-electron chi connectivity index (χ2n) is 5.17. The van der Waals surface area contributed by atoms with Crippen LogP contribution >= 0.6 is 11.8 Å². The number of rotatable bonds is 5. The quantitative estimate of drug-likeness (QED) is 0.876. The van der Waals surface area contributed by atoms with Gasteiger partial charge in [0.1, 0.15) is 0 Å². The van der Waals surface area contributed by atoms with E-state index in [0.29, 0.717) is 6.04 Å². The van der Waals surface area contributed by atoms with Gasteiger partial charge >= 0.3 is 0 Å². The fraction of sp³-hybridized carbons (Fsp3) is 0.692. The van der Waals surface area contributed by atoms with Crippen molar-refractivity contribution < 1.29 is 0 Å². The molecule has 0 spiro atoms. The Morgan fingerprint density at radius 3 is 2.83 bits per heavy atom. The van der Waals surface area contributed by atoms with E-state index in [9.17, 15) is 0 Å². The van der Waals surface area contributed by atoms with Crippen molar-refractivity contribution in [1.29, 1.82) is 0 Å². The molecule has 1 atom stereocenters. The van der Waals surface area contributed by atoms with Crippen LogP contribution in [0.2, 0.25) is 0 Å². The Hall–Kier alpha value is -0.810. The summed E-state index contributed by atoms with van der Waals surface area (Å²) >= 11 is 2.03. The van der Waals surface area contributed by atoms with Crippen molar-refractivity contribution in [3.8, 4) is 0 Å². The van der Waals surface area contributed by atoms with Gasteiger partial charge in [-0.2, -0.15) is 16.9 Å². The Morgan fingerprint density at radius 1 is 1.33 bits per heavy atom. The number of nitrogens with one attached hydrogen (secondary N) is 1. The van der Waals surface area contributed by atoms with Crippen molar-refractivity contribution >= 4 is 17.6 Å². The summed E-state index contributed by atoms with van der Waals surface area (Å²) in [6.45, 7) is 0.848. The molecule has 2 aliphatic rings. The molecule has 4 nitrogen and oxygen atoms in total. The Kier molecular flexibility index (Phi) is 3.70. The lowest BCUT2D eigenvalue weighted by Crippen LogP contribution is -2.32. The lowest BCUT2D eigenvalue weighted by Gasteiger charge is -2.24. The van der Waals surface area contributed by atoms with Gasteiger partial charge in [0.2, 0.25) is 0 Å². The van der Waals surface area contributed by atoms with Crippen molar-refractivity contribution in [1.82, 2.24) is 15.5 Å². The van der Waals surface area contributed by atoms with Crippen molar-refractivity contribution in [3.05, 3.63) is 17.8 Å². The van der Waals surface area contributed by atoms with Crippen LogP contribution in [0.5, 0.6) is 0 Å². The summed E-state index contributed by atoms with van der Waals surface area (Å²) in [6, 6.07) is 5.54. The largest absolute Gasteiger partial charge is 0.354 e. The lowest BCUT2D eigenvalue weighted by atomic mass is 10.2. The SMILES string of the molecule is CN(c1ccc(CNC2CC2)nn1)C1CCSC1. The monoisotopic (exact) mass is 264 g/mol. The Labute approximate surface area is 113 Å². The van der Waals surface area contributed by atoms with Crippen molar-refractivity contribution in [2.24, 2.45) is 0 Å². The molecule has 1 aliphatic carbocycles. The molecule has 1 N–H and O–H groups in total. The molecule has 1 saturated heterocycles. The van der Waals surface area contributed by atoms with Crippen LogP contribution in [0.3, 0.4) is 0 Å². The summed E-state index contributed by atoms with van der Waals surface area (Å²) in [4.78, 5) is 2.27. The maximum Gasteiger partial charge on any atom is 0.151 e. The molecule has 0 amide bonds. The number of anilines is 1. The molecule has 1 saturated carbocycles. The molecular formula is C13H20N4S. The van der Waals surface area contributed by atoms with E-state index in [1.165, 1.54) is 30.8 Å². The number of thioether (sulfide) groups is 1. The first-order valence-corrected chi connectivity index (χ1v) is 7.85. The van der Waals surface area contributed by atoms with E-state index in [4.69, 9.17) is 0 Å². The van der Waals surface area contributed by atoms with E-state index < -0.39 is 0 Å². The van der Waals surface area contributed by atoms with Gasteiger partial charge in [0.05, 0.1) is 5.69 Å². The summed E-state index contributed by atoms with van der Waals surface area (Å²) in [6.07, 6.45) is 3.88. The van der Waals surface area contributed by atoms with Crippen molar-refractivity contribution in [2.75, 3.05) is 23.5 Å². The van der Waals surface area contributed by atoms with Crippen LogP contribution < -0.4 is 10.2 Å². The first-order chi connectivity index (χ1) is 8.83. The maximum absolute atomic E-state index is 4.35. The van der Waals surface area contributed by atoms with Gasteiger partial charge in [-0.15, -0.1) is 5.10 Å². The zero-order chi connectivity index (χ0) is 12.4. The number of hydrogen-bond donors (Lipinski definition) is 1. The van der Waals surface area contributed by atoms with Crippen LogP contribution in [-0.2, 0) is 6.54 Å². The third-order valence-electron chi connectivity index (χ3n) is 3.67. The molecule has 18 heavy (non-hydrogen) atoms. The van der Waals surface area contributed by atoms with Crippen LogP contribution in [0.15, 0.2) is 12.1 Å². The Morgan fingerprint density at radius 2 is 2.22 bits per heavy atom. The fourth-order valence-corrected chi connectivity index (χ4v) is 3.45. The third-order valence-corrected chi connectivity index (χ3v) is 4.81. The predicted molar refractivity (Wildman–Crippen MR) is 76.0 cm³/mol. The van der Waals surface area contributed by atoms with E-state index >= 15 is 0 Å². The lowest BCUT2D eigenvalue weighted by molar-refractivity contribution is 0.655. The normalized spacial score (nSPS) is 23.3. The summed E-state index contributed by atoms with van der Waals surface area (Å²) in [7, 11) is 2.13. The van der Waals surface area contributed by atoms with Gasteiger partial charge in [0, 0.05) is 31.4 Å². The van der Waals surface area contributed by atoms with Gasteiger partial charge in [-0.1, -0.05) is 0 Å². The van der Waals surface area contributed by atoms with Crippen molar-refractivity contribution in [3.63, 3.8) is 0 Å². The molecule has 1 aromatic rings. The zero-order valence-electron chi connectivity index (χ0n) is 10.8. The van der Waals surface area contributed by atoms with Crippen LogP contribution in [0.25, 0.3) is 0 Å². The molecule has 1 aromatic heterocycles. The van der Waals surface area contributed by atoms with E-state index in [-0.39, 0.29) is 0 Å². The second-order valence-corrected chi connectivity index (χ2v) is 6.32. The van der Waals surface area contributed by atoms with E-state index in [1.54, 1.807) is 0 Å². The molecule has 0 aromatic carbocycles. The predicted octanol–water partition coefficient (Wildman–Crippen LogP) is 1.67. The Balaban J connectivity index is 1.58.